The fourth-order valence-electron chi connectivity index (χ4n) is 0.797. The van der Waals surface area contributed by atoms with Crippen LogP contribution in [0.5, 0.6) is 0 Å². The Morgan fingerprint density at radius 3 is 2.44 bits per heavy atom. The zero-order valence-corrected chi connectivity index (χ0v) is 7.25. The normalized spacial score (nSPS) is 42.2. The summed E-state index contributed by atoms with van der Waals surface area (Å²) in [6.07, 6.45) is 1.95. The predicted molar refractivity (Wildman–Crippen MR) is 45.0 cm³/mol. The van der Waals surface area contributed by atoms with Gasteiger partial charge >= 0.3 is 0 Å². The molecule has 2 atom stereocenters. The highest BCUT2D eigenvalue weighted by Gasteiger charge is 2.33. The summed E-state index contributed by atoms with van der Waals surface area (Å²) in [4.78, 5) is -0.410. The van der Waals surface area contributed by atoms with E-state index in [1.54, 1.807) is 0 Å². The quantitative estimate of drug-likeness (QED) is 0.517. The second kappa shape index (κ2) is 2.13. The Morgan fingerprint density at radius 2 is 2.33 bits per heavy atom. The summed E-state index contributed by atoms with van der Waals surface area (Å²) in [7, 11) is 0. The van der Waals surface area contributed by atoms with Gasteiger partial charge in [0.1, 0.15) is 0 Å². The van der Waals surface area contributed by atoms with Crippen LogP contribution >= 0.6 is 25.3 Å². The topological polar surface area (TPSA) is 9.23 Å². The van der Waals surface area contributed by atoms with Gasteiger partial charge in [-0.2, -0.15) is 12.6 Å². The zero-order valence-electron chi connectivity index (χ0n) is 5.46. The molecular formula is C6H10OS2. The summed E-state index contributed by atoms with van der Waals surface area (Å²) < 4.78 is 5.31. The summed E-state index contributed by atoms with van der Waals surface area (Å²) >= 11 is 8.51. The second-order valence-electron chi connectivity index (χ2n) is 2.38. The number of rotatable bonds is 0. The highest BCUT2D eigenvalue weighted by molar-refractivity contribution is 7.85. The van der Waals surface area contributed by atoms with Crippen molar-refractivity contribution >= 4 is 25.3 Å². The average Bonchev–Trinajstić information content (AvgIpc) is 1.79. The van der Waals surface area contributed by atoms with Gasteiger partial charge in [0.25, 0.3) is 0 Å². The van der Waals surface area contributed by atoms with Crippen molar-refractivity contribution < 1.29 is 4.74 Å². The molecule has 0 spiro atoms. The van der Waals surface area contributed by atoms with E-state index >= 15 is 0 Å². The van der Waals surface area contributed by atoms with Gasteiger partial charge in [-0.3, -0.25) is 0 Å². The van der Waals surface area contributed by atoms with Gasteiger partial charge in [0.15, 0.2) is 4.93 Å². The lowest BCUT2D eigenvalue weighted by Gasteiger charge is -2.21. The van der Waals surface area contributed by atoms with Crippen LogP contribution in [0.1, 0.15) is 13.8 Å². The highest BCUT2D eigenvalue weighted by atomic mass is 32.1. The largest absolute Gasteiger partial charge is 0.481 e. The van der Waals surface area contributed by atoms with Gasteiger partial charge in [-0.25, -0.2) is 0 Å². The van der Waals surface area contributed by atoms with Gasteiger partial charge in [0, 0.05) is 0 Å². The molecule has 0 aromatic carbocycles. The minimum atomic E-state index is -0.410. The SMILES string of the molecule is CC1=C[C@@H](S)[C@@](C)(S)O1. The Kier molecular flexibility index (Phi) is 1.74. The van der Waals surface area contributed by atoms with Crippen LogP contribution in [0.3, 0.4) is 0 Å². The summed E-state index contributed by atoms with van der Waals surface area (Å²) in [6, 6.07) is 0. The van der Waals surface area contributed by atoms with Crippen LogP contribution in [0.25, 0.3) is 0 Å². The first kappa shape index (κ1) is 7.35. The summed E-state index contributed by atoms with van der Waals surface area (Å²) in [5.41, 5.74) is 0. The molecule has 0 N–H and O–H groups in total. The molecule has 0 saturated carbocycles. The Labute approximate surface area is 66.3 Å². The monoisotopic (exact) mass is 162 g/mol. The number of allylic oxidation sites excluding steroid dienone is 1. The summed E-state index contributed by atoms with van der Waals surface area (Å²) in [5, 5.41) is 0.112. The van der Waals surface area contributed by atoms with Crippen LogP contribution in [-0.2, 0) is 4.74 Å². The van der Waals surface area contributed by atoms with E-state index in [1.165, 1.54) is 0 Å². The molecule has 0 radical (unpaired) electrons. The van der Waals surface area contributed by atoms with Crippen molar-refractivity contribution in [3.05, 3.63) is 11.8 Å². The molecule has 0 saturated heterocycles. The molecule has 0 fully saturated rings. The molecule has 0 aliphatic carbocycles. The number of hydrogen-bond acceptors (Lipinski definition) is 3. The van der Waals surface area contributed by atoms with Crippen molar-refractivity contribution in [2.24, 2.45) is 0 Å². The first-order valence-electron chi connectivity index (χ1n) is 2.80. The fraction of sp³-hybridized carbons (Fsp3) is 0.667. The van der Waals surface area contributed by atoms with Crippen molar-refractivity contribution in [2.45, 2.75) is 24.0 Å². The van der Waals surface area contributed by atoms with E-state index in [-0.39, 0.29) is 5.25 Å². The molecule has 3 heteroatoms. The van der Waals surface area contributed by atoms with E-state index in [0.717, 1.165) is 5.76 Å². The van der Waals surface area contributed by atoms with Crippen molar-refractivity contribution in [3.63, 3.8) is 0 Å². The lowest BCUT2D eigenvalue weighted by Crippen LogP contribution is -2.25. The molecule has 1 aliphatic rings. The Morgan fingerprint density at radius 1 is 1.78 bits per heavy atom. The molecule has 1 aliphatic heterocycles. The molecule has 9 heavy (non-hydrogen) atoms. The maximum atomic E-state index is 5.31. The van der Waals surface area contributed by atoms with E-state index in [9.17, 15) is 0 Å². The van der Waals surface area contributed by atoms with Crippen LogP contribution in [0.4, 0.5) is 0 Å². The van der Waals surface area contributed by atoms with Gasteiger partial charge in [-0.05, 0) is 19.9 Å². The lowest BCUT2D eigenvalue weighted by molar-refractivity contribution is 0.136. The van der Waals surface area contributed by atoms with Gasteiger partial charge in [-0.1, -0.05) is 0 Å². The van der Waals surface area contributed by atoms with E-state index < -0.39 is 4.93 Å². The Bertz CT molecular complexity index is 151. The first-order chi connectivity index (χ1) is 4.02. The van der Waals surface area contributed by atoms with Crippen molar-refractivity contribution in [1.82, 2.24) is 0 Å². The lowest BCUT2D eigenvalue weighted by atomic mass is 10.3. The zero-order chi connectivity index (χ0) is 7.07. The standard InChI is InChI=1S/C6H10OS2/c1-4-3-5(8)6(2,9)7-4/h3,5,8-9H,1-2H3/t5-,6-/m1/s1. The van der Waals surface area contributed by atoms with Crippen molar-refractivity contribution in [1.29, 1.82) is 0 Å². The third-order valence-corrected chi connectivity index (χ3v) is 2.52. The van der Waals surface area contributed by atoms with Crippen molar-refractivity contribution in [3.8, 4) is 0 Å². The summed E-state index contributed by atoms with van der Waals surface area (Å²) in [6.45, 7) is 3.81. The summed E-state index contributed by atoms with van der Waals surface area (Å²) in [5.74, 6) is 0.910. The smallest absolute Gasteiger partial charge is 0.163 e. The van der Waals surface area contributed by atoms with Crippen LogP contribution in [0.15, 0.2) is 11.8 Å². The van der Waals surface area contributed by atoms with E-state index in [0.29, 0.717) is 0 Å². The van der Waals surface area contributed by atoms with Crippen LogP contribution in [0, 0.1) is 0 Å². The third kappa shape index (κ3) is 1.38. The fourth-order valence-corrected chi connectivity index (χ4v) is 1.28. The Balaban J connectivity index is 2.71. The first-order valence-corrected chi connectivity index (χ1v) is 3.76. The van der Waals surface area contributed by atoms with Crippen LogP contribution < -0.4 is 0 Å². The molecule has 0 amide bonds. The maximum Gasteiger partial charge on any atom is 0.163 e. The predicted octanol–water partition coefficient (Wildman–Crippen LogP) is 1.86. The minimum Gasteiger partial charge on any atom is -0.481 e. The number of ether oxygens (including phenoxy) is 1. The molecule has 1 heterocycles. The van der Waals surface area contributed by atoms with Gasteiger partial charge in [0.2, 0.25) is 0 Å². The third-order valence-electron chi connectivity index (χ3n) is 1.31. The van der Waals surface area contributed by atoms with E-state index in [1.807, 2.05) is 19.9 Å². The van der Waals surface area contributed by atoms with Crippen LogP contribution in [0.2, 0.25) is 0 Å². The van der Waals surface area contributed by atoms with Crippen LogP contribution in [-0.4, -0.2) is 10.2 Å². The van der Waals surface area contributed by atoms with Gasteiger partial charge < -0.3 is 4.74 Å². The van der Waals surface area contributed by atoms with Gasteiger partial charge in [-0.15, -0.1) is 12.6 Å². The maximum absolute atomic E-state index is 5.31. The van der Waals surface area contributed by atoms with Crippen molar-refractivity contribution in [2.75, 3.05) is 0 Å². The molecule has 0 bridgehead atoms. The molecule has 0 unspecified atom stereocenters. The van der Waals surface area contributed by atoms with E-state index in [2.05, 4.69) is 25.3 Å². The average molecular weight is 162 g/mol. The molecule has 52 valence electrons. The number of hydrogen-bond donors (Lipinski definition) is 2. The second-order valence-corrected chi connectivity index (χ2v) is 3.82. The van der Waals surface area contributed by atoms with E-state index in [4.69, 9.17) is 4.74 Å². The molecule has 0 aromatic heterocycles. The number of thiol groups is 2. The molecule has 1 nitrogen and oxygen atoms in total. The van der Waals surface area contributed by atoms with Gasteiger partial charge in [0.05, 0.1) is 11.0 Å². The minimum absolute atomic E-state index is 0.112. The Hall–Kier alpha value is 0.240. The molecular weight excluding hydrogens is 152 g/mol. The highest BCUT2D eigenvalue weighted by Crippen LogP contribution is 2.34. The molecule has 1 rings (SSSR count). The molecule has 0 aromatic rings.